The van der Waals surface area contributed by atoms with Gasteiger partial charge in [-0.1, -0.05) is 19.9 Å². The summed E-state index contributed by atoms with van der Waals surface area (Å²) >= 11 is 0. The first-order chi connectivity index (χ1) is 19.4. The highest BCUT2D eigenvalue weighted by atomic mass is 16.6. The summed E-state index contributed by atoms with van der Waals surface area (Å²) in [5, 5.41) is 0. The predicted molar refractivity (Wildman–Crippen MR) is 163 cm³/mol. The van der Waals surface area contributed by atoms with E-state index in [1.165, 1.54) is 0 Å². The average Bonchev–Trinajstić information content (AvgIpc) is 2.94. The molecule has 0 N–H and O–H groups in total. The third-order valence-electron chi connectivity index (χ3n) is 7.74. The van der Waals surface area contributed by atoms with E-state index in [1.54, 1.807) is 16.5 Å². The van der Waals surface area contributed by atoms with Crippen LogP contribution in [0.1, 0.15) is 63.1 Å². The van der Waals surface area contributed by atoms with Crippen molar-refractivity contribution in [3.63, 3.8) is 0 Å². The summed E-state index contributed by atoms with van der Waals surface area (Å²) in [6, 6.07) is 10.4. The molecule has 0 saturated carbocycles. The van der Waals surface area contributed by atoms with E-state index in [9.17, 15) is 9.59 Å². The fourth-order valence-corrected chi connectivity index (χ4v) is 5.58. The summed E-state index contributed by atoms with van der Waals surface area (Å²) in [7, 11) is 1.80. The zero-order chi connectivity index (χ0) is 29.5. The second-order valence-corrected chi connectivity index (χ2v) is 12.5. The van der Waals surface area contributed by atoms with Crippen molar-refractivity contribution >= 4 is 17.7 Å². The van der Waals surface area contributed by atoms with E-state index >= 15 is 0 Å². The third-order valence-corrected chi connectivity index (χ3v) is 7.74. The molecule has 2 aliphatic heterocycles. The Hall–Kier alpha value is -3.88. The zero-order valence-electron chi connectivity index (χ0n) is 25.4. The quantitative estimate of drug-likeness (QED) is 0.451. The highest BCUT2D eigenvalue weighted by Crippen LogP contribution is 2.31. The number of carbonyl (C=O) groups is 1. The topological polar surface area (TPSA) is 83.8 Å². The van der Waals surface area contributed by atoms with Crippen molar-refractivity contribution in [1.29, 1.82) is 0 Å². The third kappa shape index (κ3) is 6.24. The van der Waals surface area contributed by atoms with Crippen LogP contribution in [0, 0.1) is 6.92 Å². The number of aromatic nitrogens is 3. The minimum Gasteiger partial charge on any atom is -0.444 e. The van der Waals surface area contributed by atoms with Crippen molar-refractivity contribution in [3.8, 4) is 11.1 Å². The lowest BCUT2D eigenvalue weighted by molar-refractivity contribution is 0.0223. The first kappa shape index (κ1) is 28.6. The lowest BCUT2D eigenvalue weighted by Gasteiger charge is -2.37. The zero-order valence-corrected chi connectivity index (χ0v) is 25.4. The van der Waals surface area contributed by atoms with E-state index < -0.39 is 5.60 Å². The molecule has 0 aromatic carbocycles. The molecule has 1 fully saturated rings. The number of fused-ring (bicyclic) bond motifs is 1. The van der Waals surface area contributed by atoms with Crippen LogP contribution in [0.2, 0.25) is 0 Å². The first-order valence-electron chi connectivity index (χ1n) is 14.5. The van der Waals surface area contributed by atoms with Crippen LogP contribution < -0.4 is 15.4 Å². The van der Waals surface area contributed by atoms with Crippen LogP contribution in [0.3, 0.4) is 0 Å². The summed E-state index contributed by atoms with van der Waals surface area (Å²) in [6.45, 7) is 16.4. The summed E-state index contributed by atoms with van der Waals surface area (Å²) < 4.78 is 7.20. The highest BCUT2D eigenvalue weighted by molar-refractivity contribution is 5.69. The SMILES string of the molecule is Cc1cc(-c2ccc(N3CCN(c4ccc5c(n4)CCN(C(=O)OC(C)(C)C)C5)CC3)nc2C(C)C)cn(C)c1=O. The summed E-state index contributed by atoms with van der Waals surface area (Å²) in [5.74, 6) is 2.22. The second-order valence-electron chi connectivity index (χ2n) is 12.5. The molecule has 0 aliphatic carbocycles. The van der Waals surface area contributed by atoms with Gasteiger partial charge in [0.1, 0.15) is 17.2 Å². The second kappa shape index (κ2) is 11.2. The van der Waals surface area contributed by atoms with Crippen molar-refractivity contribution in [3.05, 3.63) is 69.4 Å². The van der Waals surface area contributed by atoms with Gasteiger partial charge < -0.3 is 24.0 Å². The fraction of sp³-hybridized carbons (Fsp3) is 0.500. The van der Waals surface area contributed by atoms with E-state index in [0.29, 0.717) is 13.1 Å². The number of ether oxygens (including phenoxy) is 1. The fourth-order valence-electron chi connectivity index (χ4n) is 5.58. The molecule has 0 spiro atoms. The highest BCUT2D eigenvalue weighted by Gasteiger charge is 2.27. The van der Waals surface area contributed by atoms with Gasteiger partial charge in [0, 0.05) is 74.8 Å². The maximum Gasteiger partial charge on any atom is 0.410 e. The summed E-state index contributed by atoms with van der Waals surface area (Å²) in [6.07, 6.45) is 2.36. The molecule has 0 radical (unpaired) electrons. The summed E-state index contributed by atoms with van der Waals surface area (Å²) in [5.41, 5.74) is 5.54. The molecule has 3 aromatic rings. The molecule has 41 heavy (non-hydrogen) atoms. The van der Waals surface area contributed by atoms with Gasteiger partial charge in [-0.15, -0.1) is 0 Å². The minimum absolute atomic E-state index is 0.0264. The van der Waals surface area contributed by atoms with E-state index in [0.717, 1.165) is 77.9 Å². The molecule has 9 heteroatoms. The molecule has 1 saturated heterocycles. The Kier molecular flexibility index (Phi) is 7.81. The van der Waals surface area contributed by atoms with Crippen molar-refractivity contribution in [2.75, 3.05) is 42.5 Å². The van der Waals surface area contributed by atoms with Gasteiger partial charge in [-0.25, -0.2) is 14.8 Å². The Bertz CT molecular complexity index is 1470. The molecule has 1 amide bonds. The standard InChI is InChI=1S/C32H42N6O3/c1-21(2)29-25(24-18-22(3)30(39)35(7)19-24)9-11-28(34-29)37-16-14-36(15-17-37)27-10-8-23-20-38(13-12-26(23)33-27)31(40)41-32(4,5)6/h8-11,18-19,21H,12-17,20H2,1-7H3. The Morgan fingerprint density at radius 3 is 2.20 bits per heavy atom. The van der Waals surface area contributed by atoms with Gasteiger partial charge in [-0.2, -0.15) is 0 Å². The monoisotopic (exact) mass is 558 g/mol. The van der Waals surface area contributed by atoms with Crippen molar-refractivity contribution < 1.29 is 9.53 Å². The van der Waals surface area contributed by atoms with E-state index in [1.807, 2.05) is 40.0 Å². The normalized spacial score (nSPS) is 15.8. The molecule has 3 aromatic heterocycles. The number of pyridine rings is 3. The first-order valence-corrected chi connectivity index (χ1v) is 14.5. The molecule has 9 nitrogen and oxygen atoms in total. The molecule has 218 valence electrons. The van der Waals surface area contributed by atoms with Crippen LogP contribution in [0.4, 0.5) is 16.4 Å². The van der Waals surface area contributed by atoms with Crippen molar-refractivity contribution in [1.82, 2.24) is 19.4 Å². The average molecular weight is 559 g/mol. The number of carbonyl (C=O) groups excluding carboxylic acids is 1. The maximum atomic E-state index is 12.5. The molecular formula is C32H42N6O3. The number of anilines is 2. The van der Waals surface area contributed by atoms with E-state index in [2.05, 4.69) is 47.9 Å². The number of piperazine rings is 1. The Balaban J connectivity index is 1.26. The number of nitrogens with zero attached hydrogens (tertiary/aromatic N) is 6. The Morgan fingerprint density at radius 2 is 1.59 bits per heavy atom. The molecular weight excluding hydrogens is 516 g/mol. The van der Waals surface area contributed by atoms with Crippen LogP contribution in [0.5, 0.6) is 0 Å². The molecule has 0 atom stereocenters. The van der Waals surface area contributed by atoms with Gasteiger partial charge in [0.2, 0.25) is 0 Å². The van der Waals surface area contributed by atoms with Gasteiger partial charge >= 0.3 is 6.09 Å². The van der Waals surface area contributed by atoms with Gasteiger partial charge in [-0.05, 0) is 63.4 Å². The van der Waals surface area contributed by atoms with Gasteiger partial charge in [0.15, 0.2) is 0 Å². The lowest BCUT2D eigenvalue weighted by atomic mass is 9.97. The van der Waals surface area contributed by atoms with E-state index in [-0.39, 0.29) is 17.6 Å². The lowest BCUT2D eigenvalue weighted by Crippen LogP contribution is -2.47. The van der Waals surface area contributed by atoms with Crippen LogP contribution in [-0.4, -0.2) is 63.9 Å². The van der Waals surface area contributed by atoms with Gasteiger partial charge in [-0.3, -0.25) is 4.79 Å². The van der Waals surface area contributed by atoms with Gasteiger partial charge in [0.25, 0.3) is 5.56 Å². The molecule has 2 aliphatic rings. The number of hydrogen-bond acceptors (Lipinski definition) is 7. The predicted octanol–water partition coefficient (Wildman–Crippen LogP) is 4.89. The number of amides is 1. The van der Waals surface area contributed by atoms with Crippen molar-refractivity contribution in [2.45, 2.75) is 66.0 Å². The summed E-state index contributed by atoms with van der Waals surface area (Å²) in [4.78, 5) is 41.3. The van der Waals surface area contributed by atoms with E-state index in [4.69, 9.17) is 14.7 Å². The molecule has 5 heterocycles. The van der Waals surface area contributed by atoms with Crippen molar-refractivity contribution in [2.24, 2.45) is 7.05 Å². The van der Waals surface area contributed by atoms with Crippen LogP contribution >= 0.6 is 0 Å². The maximum absolute atomic E-state index is 12.5. The van der Waals surface area contributed by atoms with Crippen LogP contribution in [0.25, 0.3) is 11.1 Å². The molecule has 0 bridgehead atoms. The Morgan fingerprint density at radius 1 is 0.951 bits per heavy atom. The minimum atomic E-state index is -0.502. The number of aryl methyl sites for hydroxylation is 2. The van der Waals surface area contributed by atoms with Crippen LogP contribution in [-0.2, 0) is 24.8 Å². The largest absolute Gasteiger partial charge is 0.444 e. The molecule has 5 rings (SSSR count). The Labute approximate surface area is 242 Å². The number of hydrogen-bond donors (Lipinski definition) is 0. The van der Waals surface area contributed by atoms with Gasteiger partial charge in [0.05, 0.1) is 12.2 Å². The smallest absolute Gasteiger partial charge is 0.410 e. The number of rotatable bonds is 4. The molecule has 0 unspecified atom stereocenters. The van der Waals surface area contributed by atoms with Crippen LogP contribution in [0.15, 0.2) is 41.3 Å².